The summed E-state index contributed by atoms with van der Waals surface area (Å²) in [5.74, 6) is -0.0656. The molecule has 0 aromatic carbocycles. The van der Waals surface area contributed by atoms with Crippen molar-refractivity contribution in [3.8, 4) is 0 Å². The van der Waals surface area contributed by atoms with E-state index >= 15 is 0 Å². The Hall–Kier alpha value is -2.43. The molecule has 0 spiro atoms. The van der Waals surface area contributed by atoms with Gasteiger partial charge in [-0.05, 0) is 31.8 Å². The minimum atomic E-state index is -0.723. The summed E-state index contributed by atoms with van der Waals surface area (Å²) >= 11 is 0. The van der Waals surface area contributed by atoms with Crippen LogP contribution in [0.2, 0.25) is 0 Å². The maximum atomic E-state index is 12.2. The summed E-state index contributed by atoms with van der Waals surface area (Å²) in [7, 11) is 0. The van der Waals surface area contributed by atoms with Crippen LogP contribution in [-0.4, -0.2) is 34.5 Å². The number of carbonyl (C=O) groups excluding carboxylic acids is 1. The third-order valence-corrected chi connectivity index (χ3v) is 5.12. The second-order valence-corrected chi connectivity index (χ2v) is 8.36. The van der Waals surface area contributed by atoms with Gasteiger partial charge in [-0.2, -0.15) is 0 Å². The van der Waals surface area contributed by atoms with Crippen molar-refractivity contribution in [1.82, 2.24) is 0 Å². The first-order chi connectivity index (χ1) is 15.3. The molecule has 0 radical (unpaired) electrons. The minimum absolute atomic E-state index is 0.0318. The molecule has 32 heavy (non-hydrogen) atoms. The van der Waals surface area contributed by atoms with Crippen LogP contribution in [0.5, 0.6) is 0 Å². The molecule has 0 aromatic heterocycles. The SMILES string of the molecule is CC/C=C/[C@@H]1CC=CC=C[C@@H](O)C[C@H](O)[C@H](C)C=CC[C@H](C)C=CC=C(C)C=CC(=O)O1. The van der Waals surface area contributed by atoms with Crippen LogP contribution < -0.4 is 0 Å². The van der Waals surface area contributed by atoms with Gasteiger partial charge in [0.15, 0.2) is 0 Å². The van der Waals surface area contributed by atoms with Gasteiger partial charge in [-0.1, -0.05) is 93.2 Å². The van der Waals surface area contributed by atoms with Crippen molar-refractivity contribution in [3.63, 3.8) is 0 Å². The van der Waals surface area contributed by atoms with Crippen LogP contribution in [0, 0.1) is 11.8 Å². The van der Waals surface area contributed by atoms with Gasteiger partial charge in [0.25, 0.3) is 0 Å². The molecule has 1 heterocycles. The van der Waals surface area contributed by atoms with Crippen LogP contribution in [0.1, 0.15) is 53.4 Å². The number of aliphatic hydroxyl groups is 2. The first kappa shape index (κ1) is 27.6. The van der Waals surface area contributed by atoms with Crippen molar-refractivity contribution >= 4 is 5.97 Å². The third-order valence-electron chi connectivity index (χ3n) is 5.12. The average Bonchev–Trinajstić information content (AvgIpc) is 2.74. The zero-order valence-corrected chi connectivity index (χ0v) is 19.9. The van der Waals surface area contributed by atoms with Crippen LogP contribution >= 0.6 is 0 Å². The molecule has 0 fully saturated rings. The van der Waals surface area contributed by atoms with Crippen LogP contribution in [0.15, 0.2) is 84.6 Å². The van der Waals surface area contributed by atoms with Gasteiger partial charge < -0.3 is 14.9 Å². The van der Waals surface area contributed by atoms with E-state index in [2.05, 4.69) is 19.1 Å². The number of cyclic esters (lactones) is 1. The fourth-order valence-electron chi connectivity index (χ4n) is 3.03. The van der Waals surface area contributed by atoms with E-state index in [1.165, 1.54) is 6.08 Å². The van der Waals surface area contributed by atoms with Crippen molar-refractivity contribution < 1.29 is 19.7 Å². The largest absolute Gasteiger partial charge is 0.455 e. The second kappa shape index (κ2) is 16.2. The van der Waals surface area contributed by atoms with Gasteiger partial charge in [0, 0.05) is 24.8 Å². The Labute approximate surface area is 194 Å². The van der Waals surface area contributed by atoms with Gasteiger partial charge in [0.05, 0.1) is 12.2 Å². The Bertz CT molecular complexity index is 751. The minimum Gasteiger partial charge on any atom is -0.455 e. The summed E-state index contributed by atoms with van der Waals surface area (Å²) in [6.45, 7) is 8.06. The number of esters is 1. The van der Waals surface area contributed by atoms with Crippen LogP contribution in [0.3, 0.4) is 0 Å². The molecule has 2 N–H and O–H groups in total. The van der Waals surface area contributed by atoms with E-state index in [1.807, 2.05) is 63.3 Å². The van der Waals surface area contributed by atoms with E-state index in [-0.39, 0.29) is 24.4 Å². The second-order valence-electron chi connectivity index (χ2n) is 8.36. The number of ether oxygens (including phenoxy) is 1. The number of rotatable bonds is 2. The third kappa shape index (κ3) is 13.1. The molecule has 1 aliphatic rings. The van der Waals surface area contributed by atoms with E-state index < -0.39 is 12.2 Å². The molecule has 5 atom stereocenters. The number of allylic oxidation sites excluding steroid dienone is 9. The van der Waals surface area contributed by atoms with E-state index in [4.69, 9.17) is 4.74 Å². The van der Waals surface area contributed by atoms with E-state index in [1.54, 1.807) is 18.2 Å². The summed E-state index contributed by atoms with van der Waals surface area (Å²) in [6, 6.07) is 0. The van der Waals surface area contributed by atoms with Gasteiger partial charge in [-0.25, -0.2) is 4.79 Å². The number of hydrogen-bond acceptors (Lipinski definition) is 4. The number of aliphatic hydroxyl groups excluding tert-OH is 2. The number of carbonyl (C=O) groups is 1. The molecule has 0 aliphatic carbocycles. The molecular weight excluding hydrogens is 400 g/mol. The molecule has 0 saturated carbocycles. The normalized spacial score (nSPS) is 29.4. The summed E-state index contributed by atoms with van der Waals surface area (Å²) in [4.78, 5) is 12.2. The Balaban J connectivity index is 2.99. The smallest absolute Gasteiger partial charge is 0.331 e. The Morgan fingerprint density at radius 2 is 1.81 bits per heavy atom. The molecule has 0 aromatic rings. The highest BCUT2D eigenvalue weighted by molar-refractivity contribution is 5.82. The van der Waals surface area contributed by atoms with Crippen molar-refractivity contribution in [1.29, 1.82) is 0 Å². The highest BCUT2D eigenvalue weighted by Crippen LogP contribution is 2.14. The zero-order chi connectivity index (χ0) is 23.8. The van der Waals surface area contributed by atoms with Crippen molar-refractivity contribution in [2.75, 3.05) is 0 Å². The number of hydrogen-bond donors (Lipinski definition) is 2. The molecule has 176 valence electrons. The quantitative estimate of drug-likeness (QED) is 0.423. The molecule has 0 amide bonds. The molecule has 4 heteroatoms. The maximum absolute atomic E-state index is 12.2. The Morgan fingerprint density at radius 1 is 1.03 bits per heavy atom. The van der Waals surface area contributed by atoms with Crippen LogP contribution in [-0.2, 0) is 9.53 Å². The molecule has 0 unspecified atom stereocenters. The van der Waals surface area contributed by atoms with Crippen LogP contribution in [0.4, 0.5) is 0 Å². The summed E-state index contributed by atoms with van der Waals surface area (Å²) in [6.07, 6.45) is 25.2. The topological polar surface area (TPSA) is 66.8 Å². The van der Waals surface area contributed by atoms with Gasteiger partial charge in [0.1, 0.15) is 6.10 Å². The van der Waals surface area contributed by atoms with Gasteiger partial charge in [-0.3, -0.25) is 0 Å². The highest BCUT2D eigenvalue weighted by atomic mass is 16.5. The van der Waals surface area contributed by atoms with Crippen molar-refractivity contribution in [2.24, 2.45) is 11.8 Å². The first-order valence-electron chi connectivity index (χ1n) is 11.6. The Kier molecular flexibility index (Phi) is 14.0. The fourth-order valence-corrected chi connectivity index (χ4v) is 3.03. The lowest BCUT2D eigenvalue weighted by Gasteiger charge is -2.17. The molecule has 0 saturated heterocycles. The van der Waals surface area contributed by atoms with Crippen LogP contribution in [0.25, 0.3) is 0 Å². The summed E-state index contributed by atoms with van der Waals surface area (Å²) in [5, 5.41) is 20.5. The van der Waals surface area contributed by atoms with Crippen molar-refractivity contribution in [2.45, 2.75) is 71.7 Å². The lowest BCUT2D eigenvalue weighted by molar-refractivity contribution is -0.140. The molecule has 4 nitrogen and oxygen atoms in total. The lowest BCUT2D eigenvalue weighted by atomic mass is 9.97. The predicted molar refractivity (Wildman–Crippen MR) is 133 cm³/mol. The monoisotopic (exact) mass is 440 g/mol. The maximum Gasteiger partial charge on any atom is 0.331 e. The zero-order valence-electron chi connectivity index (χ0n) is 19.9. The lowest BCUT2D eigenvalue weighted by Crippen LogP contribution is -2.21. The van der Waals surface area contributed by atoms with E-state index in [0.29, 0.717) is 12.3 Å². The average molecular weight is 441 g/mol. The highest BCUT2D eigenvalue weighted by Gasteiger charge is 2.14. The summed E-state index contributed by atoms with van der Waals surface area (Å²) in [5.41, 5.74) is 0.962. The molecular formula is C28H40O4. The van der Waals surface area contributed by atoms with E-state index in [9.17, 15) is 15.0 Å². The molecule has 0 bridgehead atoms. The Morgan fingerprint density at radius 3 is 2.56 bits per heavy atom. The van der Waals surface area contributed by atoms with Crippen molar-refractivity contribution in [3.05, 3.63) is 84.6 Å². The fraction of sp³-hybridized carbons (Fsp3) is 0.464. The summed E-state index contributed by atoms with van der Waals surface area (Å²) < 4.78 is 5.55. The first-order valence-corrected chi connectivity index (χ1v) is 11.6. The standard InChI is InChI=1S/C28H40O4/c1-5-6-17-26-18-9-7-8-16-25(29)21-27(30)24(4)15-11-14-22(2)12-10-13-23(3)19-20-28(31)32-26/h6-13,15-17,19-20,22,24-27,29-30H,5,14,18,21H2,1-4H3/b9-7?,12-10?,15-11?,16-8?,17-6+,20-19?,23-13?/t22-,24-,25-,26-,27+/m1/s1. The van der Waals surface area contributed by atoms with E-state index in [0.717, 1.165) is 18.4 Å². The van der Waals surface area contributed by atoms with Gasteiger partial charge in [-0.15, -0.1) is 0 Å². The molecule has 1 rings (SSSR count). The van der Waals surface area contributed by atoms with Gasteiger partial charge in [0.2, 0.25) is 0 Å². The predicted octanol–water partition coefficient (Wildman–Crippen LogP) is 5.77. The molecule has 1 aliphatic heterocycles. The van der Waals surface area contributed by atoms with Gasteiger partial charge >= 0.3 is 5.97 Å².